The zero-order valence-electron chi connectivity index (χ0n) is 15.8. The van der Waals surface area contributed by atoms with E-state index < -0.39 is 5.97 Å². The Morgan fingerprint density at radius 1 is 1.15 bits per heavy atom. The van der Waals surface area contributed by atoms with Crippen molar-refractivity contribution >= 4 is 17.6 Å². The number of furan rings is 1. The van der Waals surface area contributed by atoms with Crippen molar-refractivity contribution in [3.05, 3.63) is 54.0 Å². The van der Waals surface area contributed by atoms with Gasteiger partial charge in [0.15, 0.2) is 6.61 Å². The third kappa shape index (κ3) is 4.70. The van der Waals surface area contributed by atoms with E-state index in [0.717, 1.165) is 25.0 Å². The van der Waals surface area contributed by atoms with Gasteiger partial charge in [-0.1, -0.05) is 12.1 Å². The van der Waals surface area contributed by atoms with Crippen LogP contribution in [0.15, 0.2) is 47.1 Å². The van der Waals surface area contributed by atoms with Gasteiger partial charge in [-0.15, -0.1) is 0 Å². The third-order valence-electron chi connectivity index (χ3n) is 4.99. The number of hydrogen-bond acceptors (Lipinski definition) is 5. The molecule has 2 aromatic rings. The van der Waals surface area contributed by atoms with Gasteiger partial charge in [0.1, 0.15) is 5.76 Å². The minimum atomic E-state index is -0.511. The number of anilines is 1. The van der Waals surface area contributed by atoms with Crippen LogP contribution in [0.1, 0.15) is 49.2 Å². The lowest BCUT2D eigenvalue weighted by Gasteiger charge is -2.38. The molecule has 1 aromatic carbocycles. The first-order valence-corrected chi connectivity index (χ1v) is 9.40. The largest absolute Gasteiger partial charge is 0.467 e. The lowest BCUT2D eigenvalue weighted by molar-refractivity contribution is -0.140. The van der Waals surface area contributed by atoms with Crippen molar-refractivity contribution in [2.75, 3.05) is 11.9 Å². The molecule has 2 heterocycles. The molecular weight excluding hydrogens is 344 g/mol. The quantitative estimate of drug-likeness (QED) is 0.782. The first-order chi connectivity index (χ1) is 13.1. The topological polar surface area (TPSA) is 71.8 Å². The van der Waals surface area contributed by atoms with Gasteiger partial charge < -0.3 is 19.4 Å². The normalized spacial score (nSPS) is 19.6. The zero-order valence-corrected chi connectivity index (χ0v) is 15.8. The fraction of sp³-hybridized carbons (Fsp3) is 0.429. The van der Waals surface area contributed by atoms with Crippen molar-refractivity contribution in [2.45, 2.75) is 51.7 Å². The first-order valence-electron chi connectivity index (χ1n) is 9.40. The second-order valence-corrected chi connectivity index (χ2v) is 6.98. The Hall–Kier alpha value is -2.76. The summed E-state index contributed by atoms with van der Waals surface area (Å²) >= 11 is 0. The molecule has 1 aliphatic rings. The third-order valence-corrected chi connectivity index (χ3v) is 4.99. The minimum Gasteiger partial charge on any atom is -0.467 e. The van der Waals surface area contributed by atoms with E-state index in [4.69, 9.17) is 9.15 Å². The number of benzene rings is 1. The van der Waals surface area contributed by atoms with Gasteiger partial charge in [-0.3, -0.25) is 4.79 Å². The summed E-state index contributed by atoms with van der Waals surface area (Å²) in [7, 11) is 0. The molecule has 1 amide bonds. The standard InChI is InChI=1S/C21H26N2O4/c1-15-7-5-8-16(2)23(15)20(24)14-27-21(25)18-10-3-4-11-19(18)22-13-17-9-6-12-26-17/h3-4,6,9-12,15-16,22H,5,7-8,13-14H2,1-2H3/t15-,16-/m0/s1. The van der Waals surface area contributed by atoms with Gasteiger partial charge in [0, 0.05) is 17.8 Å². The molecule has 1 N–H and O–H groups in total. The van der Waals surface area contributed by atoms with Crippen molar-refractivity contribution in [3.63, 3.8) is 0 Å². The molecule has 1 saturated heterocycles. The van der Waals surface area contributed by atoms with E-state index in [1.165, 1.54) is 0 Å². The van der Waals surface area contributed by atoms with E-state index in [9.17, 15) is 9.59 Å². The number of hydrogen-bond donors (Lipinski definition) is 1. The first kappa shape index (κ1) is 19.0. The van der Waals surface area contributed by atoms with Crippen molar-refractivity contribution in [3.8, 4) is 0 Å². The average Bonchev–Trinajstić information content (AvgIpc) is 3.18. The summed E-state index contributed by atoms with van der Waals surface area (Å²) in [5.41, 5.74) is 1.04. The number of carbonyl (C=O) groups excluding carboxylic acids is 2. The summed E-state index contributed by atoms with van der Waals surface area (Å²) in [6.45, 7) is 4.31. The maximum Gasteiger partial charge on any atom is 0.340 e. The molecule has 6 nitrogen and oxygen atoms in total. The Balaban J connectivity index is 1.60. The number of carbonyl (C=O) groups is 2. The van der Waals surface area contributed by atoms with Gasteiger partial charge in [-0.05, 0) is 57.4 Å². The van der Waals surface area contributed by atoms with E-state index in [1.807, 2.05) is 36.9 Å². The molecule has 0 unspecified atom stereocenters. The van der Waals surface area contributed by atoms with Gasteiger partial charge in [-0.25, -0.2) is 4.79 Å². The maximum atomic E-state index is 12.5. The van der Waals surface area contributed by atoms with Crippen LogP contribution in [0.5, 0.6) is 0 Å². The highest BCUT2D eigenvalue weighted by atomic mass is 16.5. The molecule has 0 bridgehead atoms. The number of rotatable bonds is 6. The molecule has 1 fully saturated rings. The van der Waals surface area contributed by atoms with Crippen molar-refractivity contribution in [1.29, 1.82) is 0 Å². The van der Waals surface area contributed by atoms with Crippen LogP contribution in [0.3, 0.4) is 0 Å². The summed E-state index contributed by atoms with van der Waals surface area (Å²) in [5.74, 6) is 0.119. The molecule has 0 aliphatic carbocycles. The van der Waals surface area contributed by atoms with Crippen LogP contribution in [0.4, 0.5) is 5.69 Å². The highest BCUT2D eigenvalue weighted by molar-refractivity contribution is 5.96. The fourth-order valence-corrected chi connectivity index (χ4v) is 3.60. The Morgan fingerprint density at radius 3 is 2.59 bits per heavy atom. The number of likely N-dealkylation sites (tertiary alicyclic amines) is 1. The number of piperidine rings is 1. The van der Waals surface area contributed by atoms with Crippen LogP contribution >= 0.6 is 0 Å². The summed E-state index contributed by atoms with van der Waals surface area (Å²) in [4.78, 5) is 26.9. The van der Waals surface area contributed by atoms with Gasteiger partial charge in [0.25, 0.3) is 5.91 Å². The number of esters is 1. The Kier molecular flexibility index (Phi) is 6.16. The van der Waals surface area contributed by atoms with Crippen LogP contribution in [-0.2, 0) is 16.1 Å². The van der Waals surface area contributed by atoms with E-state index in [2.05, 4.69) is 5.32 Å². The summed E-state index contributed by atoms with van der Waals surface area (Å²) in [6.07, 6.45) is 4.71. The molecule has 0 radical (unpaired) electrons. The Morgan fingerprint density at radius 2 is 1.89 bits per heavy atom. The molecule has 1 aromatic heterocycles. The lowest BCUT2D eigenvalue weighted by atomic mass is 9.97. The molecule has 0 spiro atoms. The van der Waals surface area contributed by atoms with Gasteiger partial charge in [0.2, 0.25) is 0 Å². The number of ether oxygens (including phenoxy) is 1. The molecule has 3 rings (SSSR count). The molecule has 6 heteroatoms. The van der Waals surface area contributed by atoms with Gasteiger partial charge in [-0.2, -0.15) is 0 Å². The van der Waals surface area contributed by atoms with Crippen LogP contribution in [0.25, 0.3) is 0 Å². The SMILES string of the molecule is C[C@H]1CCC[C@H](C)N1C(=O)COC(=O)c1ccccc1NCc1ccco1. The second-order valence-electron chi connectivity index (χ2n) is 6.98. The van der Waals surface area contributed by atoms with E-state index in [-0.39, 0.29) is 24.6 Å². The Labute approximate surface area is 159 Å². The predicted octanol–water partition coefficient (Wildman–Crippen LogP) is 3.84. The van der Waals surface area contributed by atoms with Crippen molar-refractivity contribution in [2.24, 2.45) is 0 Å². The van der Waals surface area contributed by atoms with E-state index in [0.29, 0.717) is 17.8 Å². The van der Waals surface area contributed by atoms with Crippen LogP contribution in [-0.4, -0.2) is 35.5 Å². The maximum absolute atomic E-state index is 12.5. The fourth-order valence-electron chi connectivity index (χ4n) is 3.60. The minimum absolute atomic E-state index is 0.135. The molecule has 144 valence electrons. The van der Waals surface area contributed by atoms with Crippen LogP contribution < -0.4 is 5.32 Å². The highest BCUT2D eigenvalue weighted by Gasteiger charge is 2.29. The molecule has 1 aliphatic heterocycles. The highest BCUT2D eigenvalue weighted by Crippen LogP contribution is 2.23. The van der Waals surface area contributed by atoms with Gasteiger partial charge in [0.05, 0.1) is 18.4 Å². The van der Waals surface area contributed by atoms with Crippen molar-refractivity contribution < 1.29 is 18.7 Å². The number of amides is 1. The summed E-state index contributed by atoms with van der Waals surface area (Å²) < 4.78 is 10.6. The van der Waals surface area contributed by atoms with Crippen LogP contribution in [0.2, 0.25) is 0 Å². The molecule has 2 atom stereocenters. The van der Waals surface area contributed by atoms with E-state index >= 15 is 0 Å². The molecular formula is C21H26N2O4. The predicted molar refractivity (Wildman–Crippen MR) is 102 cm³/mol. The average molecular weight is 370 g/mol. The number of para-hydroxylation sites is 1. The monoisotopic (exact) mass is 370 g/mol. The molecule has 27 heavy (non-hydrogen) atoms. The zero-order chi connectivity index (χ0) is 19.2. The summed E-state index contributed by atoms with van der Waals surface area (Å²) in [6, 6.07) is 11.1. The smallest absolute Gasteiger partial charge is 0.340 e. The van der Waals surface area contributed by atoms with Crippen molar-refractivity contribution in [1.82, 2.24) is 4.90 Å². The Bertz CT molecular complexity index is 762. The van der Waals surface area contributed by atoms with Crippen LogP contribution in [0, 0.1) is 0 Å². The summed E-state index contributed by atoms with van der Waals surface area (Å²) in [5, 5.41) is 3.17. The van der Waals surface area contributed by atoms with Gasteiger partial charge >= 0.3 is 5.97 Å². The second kappa shape index (κ2) is 8.75. The van der Waals surface area contributed by atoms with E-state index in [1.54, 1.807) is 24.5 Å². The number of nitrogens with zero attached hydrogens (tertiary/aromatic N) is 1. The number of nitrogens with one attached hydrogen (secondary N) is 1. The molecule has 0 saturated carbocycles. The lowest BCUT2D eigenvalue weighted by Crippen LogP contribution is -2.49.